The van der Waals surface area contributed by atoms with Gasteiger partial charge in [-0.25, -0.2) is 18.4 Å². The van der Waals surface area contributed by atoms with Gasteiger partial charge in [0.15, 0.2) is 6.61 Å². The molecular weight excluding hydrogens is 380 g/mol. The van der Waals surface area contributed by atoms with Crippen LogP contribution in [0.15, 0.2) is 52.5 Å². The summed E-state index contributed by atoms with van der Waals surface area (Å²) in [6.07, 6.45) is 1.27. The lowest BCUT2D eigenvalue weighted by atomic mass is 10.2. The maximum atomic E-state index is 11.3. The Labute approximate surface area is 153 Å². The predicted octanol–water partition coefficient (Wildman–Crippen LogP) is 1.15. The van der Waals surface area contributed by atoms with Gasteiger partial charge in [0.1, 0.15) is 11.4 Å². The van der Waals surface area contributed by atoms with Crippen molar-refractivity contribution < 1.29 is 28.0 Å². The molecule has 0 radical (unpaired) electrons. The molecule has 0 unspecified atom stereocenters. The molecule has 12 heteroatoms. The summed E-state index contributed by atoms with van der Waals surface area (Å²) in [6.45, 7) is -0.543. The quantitative estimate of drug-likeness (QED) is 0.339. The van der Waals surface area contributed by atoms with Crippen molar-refractivity contribution in [2.75, 3.05) is 12.0 Å². The topological polar surface area (TPSA) is 174 Å². The molecular formula is C15H14N4O7S. The number of primary sulfonamides is 1. The average molecular weight is 394 g/mol. The van der Waals surface area contributed by atoms with Gasteiger partial charge in [0, 0.05) is 11.6 Å². The Kier molecular flexibility index (Phi) is 6.05. The number of nitro groups is 1. The molecule has 0 amide bonds. The number of rotatable bonds is 8. The van der Waals surface area contributed by atoms with Crippen molar-refractivity contribution in [3.63, 3.8) is 0 Å². The zero-order valence-electron chi connectivity index (χ0n) is 13.6. The summed E-state index contributed by atoms with van der Waals surface area (Å²) in [6, 6.07) is 9.51. The van der Waals surface area contributed by atoms with Crippen LogP contribution in [0.5, 0.6) is 5.75 Å². The molecule has 0 spiro atoms. The van der Waals surface area contributed by atoms with E-state index in [0.29, 0.717) is 5.56 Å². The first-order valence-corrected chi connectivity index (χ1v) is 8.77. The Balaban J connectivity index is 2.24. The second-order valence-electron chi connectivity index (χ2n) is 5.07. The molecule has 0 aliphatic carbocycles. The third-order valence-electron chi connectivity index (χ3n) is 3.15. The summed E-state index contributed by atoms with van der Waals surface area (Å²) < 4.78 is 27.7. The summed E-state index contributed by atoms with van der Waals surface area (Å²) >= 11 is 0. The van der Waals surface area contributed by atoms with Crippen molar-refractivity contribution >= 4 is 33.6 Å². The number of nitrogens with one attached hydrogen (secondary N) is 1. The van der Waals surface area contributed by atoms with Gasteiger partial charge in [-0.1, -0.05) is 12.1 Å². The average Bonchev–Trinajstić information content (AvgIpc) is 2.60. The van der Waals surface area contributed by atoms with E-state index in [1.54, 1.807) is 18.2 Å². The lowest BCUT2D eigenvalue weighted by molar-refractivity contribution is -0.384. The highest BCUT2D eigenvalue weighted by Crippen LogP contribution is 2.27. The maximum Gasteiger partial charge on any atom is 0.341 e. The number of nitrogens with zero attached hydrogens (tertiary/aromatic N) is 2. The van der Waals surface area contributed by atoms with Crippen LogP contribution in [0.2, 0.25) is 0 Å². The Bertz CT molecular complexity index is 1000. The van der Waals surface area contributed by atoms with Crippen molar-refractivity contribution in [2.24, 2.45) is 10.2 Å². The van der Waals surface area contributed by atoms with Gasteiger partial charge >= 0.3 is 5.97 Å². The van der Waals surface area contributed by atoms with E-state index in [2.05, 4.69) is 10.5 Å². The zero-order chi connectivity index (χ0) is 20.0. The van der Waals surface area contributed by atoms with Crippen LogP contribution in [-0.4, -0.2) is 37.2 Å². The van der Waals surface area contributed by atoms with Gasteiger partial charge < -0.3 is 9.84 Å². The second-order valence-corrected chi connectivity index (χ2v) is 6.63. The molecule has 27 heavy (non-hydrogen) atoms. The van der Waals surface area contributed by atoms with Crippen LogP contribution in [0.4, 0.5) is 11.4 Å². The number of hydrazone groups is 1. The number of aliphatic carboxylic acids is 1. The van der Waals surface area contributed by atoms with E-state index in [1.165, 1.54) is 12.3 Å². The lowest BCUT2D eigenvalue weighted by Gasteiger charge is -2.07. The van der Waals surface area contributed by atoms with Gasteiger partial charge in [-0.05, 0) is 24.3 Å². The molecule has 0 aliphatic heterocycles. The molecule has 0 saturated heterocycles. The van der Waals surface area contributed by atoms with Crippen molar-refractivity contribution in [1.82, 2.24) is 0 Å². The smallest absolute Gasteiger partial charge is 0.341 e. The maximum absolute atomic E-state index is 11.3. The van der Waals surface area contributed by atoms with Crippen LogP contribution in [0, 0.1) is 10.1 Å². The van der Waals surface area contributed by atoms with E-state index >= 15 is 0 Å². The molecule has 142 valence electrons. The van der Waals surface area contributed by atoms with E-state index in [-0.39, 0.29) is 11.4 Å². The van der Waals surface area contributed by atoms with Gasteiger partial charge in [0.2, 0.25) is 10.0 Å². The fraction of sp³-hybridized carbons (Fsp3) is 0.0667. The third kappa shape index (κ3) is 5.49. The summed E-state index contributed by atoms with van der Waals surface area (Å²) in [7, 11) is -4.09. The van der Waals surface area contributed by atoms with Crippen molar-refractivity contribution in [2.45, 2.75) is 4.90 Å². The highest BCUT2D eigenvalue weighted by molar-refractivity contribution is 7.89. The monoisotopic (exact) mass is 394 g/mol. The Hall–Kier alpha value is -3.51. The number of carboxylic acid groups (broad SMARTS) is 1. The SMILES string of the molecule is NS(=O)(=O)c1ccc(N/N=C/c2ccccc2OCC(=O)O)c([N+](=O)[O-])c1. The number of para-hydroxylation sites is 1. The molecule has 0 aromatic heterocycles. The Morgan fingerprint density at radius 1 is 1.33 bits per heavy atom. The second kappa shape index (κ2) is 8.25. The summed E-state index contributed by atoms with van der Waals surface area (Å²) in [4.78, 5) is 20.5. The molecule has 0 bridgehead atoms. The number of ether oxygens (including phenoxy) is 1. The van der Waals surface area contributed by atoms with Crippen LogP contribution in [0.3, 0.4) is 0 Å². The molecule has 11 nitrogen and oxygen atoms in total. The van der Waals surface area contributed by atoms with Crippen LogP contribution in [0.25, 0.3) is 0 Å². The number of hydrogen-bond acceptors (Lipinski definition) is 8. The Morgan fingerprint density at radius 2 is 2.04 bits per heavy atom. The molecule has 0 aliphatic rings. The van der Waals surface area contributed by atoms with Crippen LogP contribution in [-0.2, 0) is 14.8 Å². The molecule has 2 aromatic rings. The Morgan fingerprint density at radius 3 is 2.67 bits per heavy atom. The highest BCUT2D eigenvalue weighted by Gasteiger charge is 2.18. The van der Waals surface area contributed by atoms with E-state index in [0.717, 1.165) is 18.2 Å². The number of anilines is 1. The van der Waals surface area contributed by atoms with Crippen molar-refractivity contribution in [1.29, 1.82) is 0 Å². The highest BCUT2D eigenvalue weighted by atomic mass is 32.2. The van der Waals surface area contributed by atoms with E-state index in [9.17, 15) is 23.3 Å². The first-order chi connectivity index (χ1) is 12.7. The number of hydrogen-bond donors (Lipinski definition) is 3. The first-order valence-electron chi connectivity index (χ1n) is 7.22. The summed E-state index contributed by atoms with van der Waals surface area (Å²) in [5, 5.41) is 28.6. The number of benzene rings is 2. The number of sulfonamides is 1. The van der Waals surface area contributed by atoms with Gasteiger partial charge in [0.05, 0.1) is 16.0 Å². The van der Waals surface area contributed by atoms with Crippen LogP contribution in [0.1, 0.15) is 5.56 Å². The minimum atomic E-state index is -4.09. The molecule has 2 aromatic carbocycles. The number of nitro benzene ring substituents is 1. The minimum absolute atomic E-state index is 0.0624. The molecule has 0 saturated carbocycles. The zero-order valence-corrected chi connectivity index (χ0v) is 14.4. The fourth-order valence-electron chi connectivity index (χ4n) is 1.96. The van der Waals surface area contributed by atoms with E-state index in [1.807, 2.05) is 0 Å². The van der Waals surface area contributed by atoms with E-state index in [4.69, 9.17) is 15.0 Å². The number of carboxylic acids is 1. The third-order valence-corrected chi connectivity index (χ3v) is 4.06. The standard InChI is InChI=1S/C15H14N4O7S/c16-27(24,25)11-5-6-12(13(7-11)19(22)23)18-17-8-10-3-1-2-4-14(10)26-9-15(20)21/h1-8,18H,9H2,(H,20,21)(H2,16,24,25)/b17-8+. The van der Waals surface area contributed by atoms with Gasteiger partial charge in [-0.2, -0.15) is 5.10 Å². The van der Waals surface area contributed by atoms with Crippen molar-refractivity contribution in [3.05, 3.63) is 58.1 Å². The van der Waals surface area contributed by atoms with Gasteiger partial charge in [0.25, 0.3) is 5.69 Å². The van der Waals surface area contributed by atoms with Crippen LogP contribution >= 0.6 is 0 Å². The van der Waals surface area contributed by atoms with Crippen molar-refractivity contribution in [3.8, 4) is 5.75 Å². The molecule has 0 atom stereocenters. The number of carbonyl (C=O) groups is 1. The van der Waals surface area contributed by atoms with Gasteiger partial charge in [-0.3, -0.25) is 15.5 Å². The lowest BCUT2D eigenvalue weighted by Crippen LogP contribution is -2.12. The van der Waals surface area contributed by atoms with E-state index < -0.39 is 38.1 Å². The van der Waals surface area contributed by atoms with Crippen LogP contribution < -0.4 is 15.3 Å². The molecule has 0 heterocycles. The predicted molar refractivity (Wildman–Crippen MR) is 95.3 cm³/mol. The molecule has 4 N–H and O–H groups in total. The summed E-state index contributed by atoms with van der Waals surface area (Å²) in [5.41, 5.74) is 2.26. The molecule has 0 fully saturated rings. The van der Waals surface area contributed by atoms with Gasteiger partial charge in [-0.15, -0.1) is 0 Å². The molecule has 2 rings (SSSR count). The fourth-order valence-corrected chi connectivity index (χ4v) is 2.50. The summed E-state index contributed by atoms with van der Waals surface area (Å²) in [5.74, 6) is -0.894. The minimum Gasteiger partial charge on any atom is -0.481 e. The largest absolute Gasteiger partial charge is 0.481 e. The number of nitrogens with two attached hydrogens (primary N) is 1. The first kappa shape index (κ1) is 19.8. The normalized spacial score (nSPS) is 11.3.